The summed E-state index contributed by atoms with van der Waals surface area (Å²) in [7, 11) is 0. The summed E-state index contributed by atoms with van der Waals surface area (Å²) < 4.78 is 5.25. The minimum Gasteiger partial charge on any atom is -0.448 e. The molecule has 0 aliphatic heterocycles. The van der Waals surface area contributed by atoms with Crippen LogP contribution in [0.5, 0.6) is 0 Å². The SMILES string of the molecule is C[C@H](OC(=O)c1csc(-c2ccccc2)n1)C(=O)NC1CCCC1. The number of ether oxygens (including phenoxy) is 1. The summed E-state index contributed by atoms with van der Waals surface area (Å²) in [4.78, 5) is 28.6. The lowest BCUT2D eigenvalue weighted by Crippen LogP contribution is -2.40. The number of hydrogen-bond acceptors (Lipinski definition) is 5. The molecule has 24 heavy (non-hydrogen) atoms. The molecular formula is C18H20N2O3S. The lowest BCUT2D eigenvalue weighted by molar-refractivity contribution is -0.129. The van der Waals surface area contributed by atoms with Crippen molar-refractivity contribution in [2.45, 2.75) is 44.8 Å². The Kier molecular flexibility index (Phi) is 5.25. The minimum absolute atomic E-state index is 0.211. The molecule has 1 aromatic heterocycles. The van der Waals surface area contributed by atoms with Gasteiger partial charge >= 0.3 is 5.97 Å². The molecule has 1 amide bonds. The van der Waals surface area contributed by atoms with Crippen LogP contribution in [0.2, 0.25) is 0 Å². The zero-order valence-electron chi connectivity index (χ0n) is 13.5. The fourth-order valence-corrected chi connectivity index (χ4v) is 3.54. The van der Waals surface area contributed by atoms with Crippen molar-refractivity contribution in [3.05, 3.63) is 41.4 Å². The van der Waals surface area contributed by atoms with E-state index in [9.17, 15) is 9.59 Å². The molecule has 0 bridgehead atoms. The van der Waals surface area contributed by atoms with Crippen LogP contribution in [0.3, 0.4) is 0 Å². The van der Waals surface area contributed by atoms with E-state index in [0.717, 1.165) is 36.3 Å². The molecule has 1 aliphatic carbocycles. The molecule has 1 aliphatic rings. The van der Waals surface area contributed by atoms with E-state index in [1.807, 2.05) is 30.3 Å². The smallest absolute Gasteiger partial charge is 0.358 e. The van der Waals surface area contributed by atoms with E-state index >= 15 is 0 Å². The lowest BCUT2D eigenvalue weighted by atomic mass is 10.2. The average Bonchev–Trinajstić information content (AvgIpc) is 3.27. The van der Waals surface area contributed by atoms with Crippen molar-refractivity contribution in [3.8, 4) is 10.6 Å². The maximum Gasteiger partial charge on any atom is 0.358 e. The predicted molar refractivity (Wildman–Crippen MR) is 92.8 cm³/mol. The number of nitrogens with zero attached hydrogens (tertiary/aromatic N) is 1. The van der Waals surface area contributed by atoms with Gasteiger partial charge in [0.2, 0.25) is 0 Å². The molecule has 5 nitrogen and oxygen atoms in total. The van der Waals surface area contributed by atoms with Crippen LogP contribution < -0.4 is 5.32 Å². The zero-order valence-corrected chi connectivity index (χ0v) is 14.3. The number of benzene rings is 1. The van der Waals surface area contributed by atoms with Gasteiger partial charge in [-0.25, -0.2) is 9.78 Å². The maximum atomic E-state index is 12.2. The average molecular weight is 344 g/mol. The van der Waals surface area contributed by atoms with Crippen LogP contribution in [0.15, 0.2) is 35.7 Å². The Morgan fingerprint density at radius 1 is 1.25 bits per heavy atom. The summed E-state index contributed by atoms with van der Waals surface area (Å²) in [6.45, 7) is 1.59. The predicted octanol–water partition coefficient (Wildman–Crippen LogP) is 3.41. The Balaban J connectivity index is 1.58. The number of hydrogen-bond donors (Lipinski definition) is 1. The second-order valence-corrected chi connectivity index (χ2v) is 6.80. The highest BCUT2D eigenvalue weighted by Crippen LogP contribution is 2.24. The van der Waals surface area contributed by atoms with Crippen molar-refractivity contribution in [2.75, 3.05) is 0 Å². The molecule has 1 fully saturated rings. The highest BCUT2D eigenvalue weighted by molar-refractivity contribution is 7.13. The second kappa shape index (κ2) is 7.57. The molecule has 1 aromatic carbocycles. The van der Waals surface area contributed by atoms with E-state index in [0.29, 0.717) is 0 Å². The van der Waals surface area contributed by atoms with Gasteiger partial charge in [0.15, 0.2) is 11.8 Å². The number of aromatic nitrogens is 1. The third-order valence-corrected chi connectivity index (χ3v) is 4.98. The van der Waals surface area contributed by atoms with Gasteiger partial charge in [-0.3, -0.25) is 4.79 Å². The van der Waals surface area contributed by atoms with Gasteiger partial charge in [0.1, 0.15) is 5.01 Å². The summed E-state index contributed by atoms with van der Waals surface area (Å²) in [6.07, 6.45) is 3.46. The quantitative estimate of drug-likeness (QED) is 0.844. The third-order valence-electron chi connectivity index (χ3n) is 4.09. The van der Waals surface area contributed by atoms with Crippen LogP contribution in [0.1, 0.15) is 43.1 Å². The summed E-state index contributed by atoms with van der Waals surface area (Å²) in [5.74, 6) is -0.809. The van der Waals surface area contributed by atoms with Crippen molar-refractivity contribution in [3.63, 3.8) is 0 Å². The van der Waals surface area contributed by atoms with Gasteiger partial charge in [0, 0.05) is 17.0 Å². The topological polar surface area (TPSA) is 68.3 Å². The fraction of sp³-hybridized carbons (Fsp3) is 0.389. The van der Waals surface area contributed by atoms with E-state index in [1.165, 1.54) is 11.3 Å². The van der Waals surface area contributed by atoms with Gasteiger partial charge in [-0.15, -0.1) is 11.3 Å². The van der Waals surface area contributed by atoms with Crippen molar-refractivity contribution in [1.82, 2.24) is 10.3 Å². The first kappa shape index (κ1) is 16.6. The van der Waals surface area contributed by atoms with Gasteiger partial charge in [0.05, 0.1) is 0 Å². The summed E-state index contributed by atoms with van der Waals surface area (Å²) in [5, 5.41) is 5.35. The fourth-order valence-electron chi connectivity index (χ4n) is 2.74. The molecular weight excluding hydrogens is 324 g/mol. The minimum atomic E-state index is -0.819. The highest BCUT2D eigenvalue weighted by Gasteiger charge is 2.24. The number of carbonyl (C=O) groups is 2. The first-order valence-corrected chi connectivity index (χ1v) is 9.04. The first-order valence-electron chi connectivity index (χ1n) is 8.16. The Morgan fingerprint density at radius 2 is 1.96 bits per heavy atom. The highest BCUT2D eigenvalue weighted by atomic mass is 32.1. The van der Waals surface area contributed by atoms with Crippen molar-refractivity contribution >= 4 is 23.2 Å². The molecule has 0 radical (unpaired) electrons. The normalized spacial score (nSPS) is 15.9. The second-order valence-electron chi connectivity index (χ2n) is 5.94. The molecule has 1 N–H and O–H groups in total. The Hall–Kier alpha value is -2.21. The van der Waals surface area contributed by atoms with E-state index in [2.05, 4.69) is 10.3 Å². The number of carbonyl (C=O) groups excluding carboxylic acids is 2. The van der Waals surface area contributed by atoms with Crippen LogP contribution in [-0.2, 0) is 9.53 Å². The van der Waals surface area contributed by atoms with Gasteiger partial charge in [-0.2, -0.15) is 0 Å². The summed E-state index contributed by atoms with van der Waals surface area (Å²) in [6, 6.07) is 9.85. The van der Waals surface area contributed by atoms with Gasteiger partial charge in [-0.1, -0.05) is 43.2 Å². The first-order chi connectivity index (χ1) is 11.6. The zero-order chi connectivity index (χ0) is 16.9. The maximum absolute atomic E-state index is 12.2. The molecule has 2 aromatic rings. The van der Waals surface area contributed by atoms with Crippen LogP contribution in [0, 0.1) is 0 Å². The van der Waals surface area contributed by atoms with E-state index in [4.69, 9.17) is 4.74 Å². The van der Waals surface area contributed by atoms with E-state index < -0.39 is 12.1 Å². The lowest BCUT2D eigenvalue weighted by Gasteiger charge is -2.16. The van der Waals surface area contributed by atoms with Crippen LogP contribution in [-0.4, -0.2) is 29.0 Å². The molecule has 1 atom stereocenters. The van der Waals surface area contributed by atoms with E-state index in [-0.39, 0.29) is 17.6 Å². The summed E-state index contributed by atoms with van der Waals surface area (Å²) in [5.41, 5.74) is 1.19. The largest absolute Gasteiger partial charge is 0.448 e. The third kappa shape index (κ3) is 4.00. The Bertz CT molecular complexity index is 708. The van der Waals surface area contributed by atoms with Crippen LogP contribution >= 0.6 is 11.3 Å². The number of rotatable bonds is 5. The number of nitrogens with one attached hydrogen (secondary N) is 1. The Morgan fingerprint density at radius 3 is 2.67 bits per heavy atom. The monoisotopic (exact) mass is 344 g/mol. The molecule has 1 saturated carbocycles. The van der Waals surface area contributed by atoms with Gasteiger partial charge in [-0.05, 0) is 19.8 Å². The molecule has 0 spiro atoms. The molecule has 6 heteroatoms. The van der Waals surface area contributed by atoms with Crippen molar-refractivity contribution in [2.24, 2.45) is 0 Å². The van der Waals surface area contributed by atoms with Gasteiger partial charge < -0.3 is 10.1 Å². The van der Waals surface area contributed by atoms with Gasteiger partial charge in [0.25, 0.3) is 5.91 Å². The van der Waals surface area contributed by atoms with Crippen molar-refractivity contribution < 1.29 is 14.3 Å². The number of esters is 1. The standard InChI is InChI=1S/C18H20N2O3S/c1-12(16(21)19-14-9-5-6-10-14)23-18(22)15-11-24-17(20-15)13-7-3-2-4-8-13/h2-4,7-8,11-12,14H,5-6,9-10H2,1H3,(H,19,21)/t12-/m0/s1. The number of amides is 1. The molecule has 0 saturated heterocycles. The molecule has 3 rings (SSSR count). The Labute approximate surface area is 145 Å². The molecule has 0 unspecified atom stereocenters. The van der Waals surface area contributed by atoms with Crippen LogP contribution in [0.4, 0.5) is 0 Å². The molecule has 126 valence electrons. The van der Waals surface area contributed by atoms with E-state index in [1.54, 1.807) is 12.3 Å². The summed E-state index contributed by atoms with van der Waals surface area (Å²) >= 11 is 1.38. The van der Waals surface area contributed by atoms with Crippen molar-refractivity contribution in [1.29, 1.82) is 0 Å². The van der Waals surface area contributed by atoms with Crippen LogP contribution in [0.25, 0.3) is 10.6 Å². The molecule has 1 heterocycles. The number of thiazole rings is 1.